The van der Waals surface area contributed by atoms with Crippen LogP contribution >= 0.6 is 0 Å². The Morgan fingerprint density at radius 1 is 1.28 bits per heavy atom. The van der Waals surface area contributed by atoms with Gasteiger partial charge in [-0.1, -0.05) is 6.42 Å². The first kappa shape index (κ1) is 15.6. The van der Waals surface area contributed by atoms with Crippen molar-refractivity contribution in [1.29, 1.82) is 0 Å². The molecule has 0 aromatic carbocycles. The molecule has 25 heavy (non-hydrogen) atoms. The number of aromatic nitrogens is 3. The third-order valence-electron chi connectivity index (χ3n) is 7.17. The standard InChI is InChI=1S/C18H27N5O2/c1-22-17(19-10-20-22)16-9-25-6-5-23(16)18(24)21-15-8-11-7-14(15)13-4-2-3-12(11)13/h10-16H,2-9H2,1H3,(H,21,24). The molecule has 2 heterocycles. The molecule has 2 bridgehead atoms. The van der Waals surface area contributed by atoms with Crippen LogP contribution in [0, 0.1) is 23.7 Å². The minimum Gasteiger partial charge on any atom is -0.377 e. The van der Waals surface area contributed by atoms with E-state index < -0.39 is 0 Å². The fourth-order valence-electron chi connectivity index (χ4n) is 6.14. The highest BCUT2D eigenvalue weighted by atomic mass is 16.5. The Balaban J connectivity index is 1.29. The van der Waals surface area contributed by atoms with Crippen LogP contribution in [0.2, 0.25) is 0 Å². The molecule has 1 N–H and O–H groups in total. The number of ether oxygens (including phenoxy) is 1. The maximum atomic E-state index is 13.0. The molecular weight excluding hydrogens is 318 g/mol. The number of nitrogens with one attached hydrogen (secondary N) is 1. The van der Waals surface area contributed by atoms with Crippen LogP contribution in [-0.4, -0.2) is 51.5 Å². The van der Waals surface area contributed by atoms with Crippen LogP contribution in [0.4, 0.5) is 4.79 Å². The van der Waals surface area contributed by atoms with Gasteiger partial charge in [-0.05, 0) is 49.4 Å². The smallest absolute Gasteiger partial charge is 0.318 e. The van der Waals surface area contributed by atoms with Gasteiger partial charge in [0, 0.05) is 19.6 Å². The van der Waals surface area contributed by atoms with Gasteiger partial charge in [-0.15, -0.1) is 0 Å². The molecular formula is C18H27N5O2. The molecule has 6 atom stereocenters. The van der Waals surface area contributed by atoms with Crippen molar-refractivity contribution >= 4 is 6.03 Å². The maximum Gasteiger partial charge on any atom is 0.318 e. The van der Waals surface area contributed by atoms with Crippen LogP contribution in [0.1, 0.15) is 44.0 Å². The van der Waals surface area contributed by atoms with Gasteiger partial charge >= 0.3 is 6.03 Å². The SMILES string of the molecule is Cn1ncnc1C1COCCN1C(=O)NC1CC2CC1C1CCCC21. The lowest BCUT2D eigenvalue weighted by Crippen LogP contribution is -2.53. The number of aryl methyl sites for hydroxylation is 1. The number of hydrogen-bond acceptors (Lipinski definition) is 4. The molecule has 4 fully saturated rings. The minimum atomic E-state index is -0.154. The second-order valence-electron chi connectivity index (χ2n) is 8.24. The van der Waals surface area contributed by atoms with Crippen LogP contribution < -0.4 is 5.32 Å². The van der Waals surface area contributed by atoms with E-state index in [2.05, 4.69) is 15.4 Å². The predicted octanol–water partition coefficient (Wildman–Crippen LogP) is 1.72. The van der Waals surface area contributed by atoms with Gasteiger partial charge in [0.25, 0.3) is 0 Å². The third kappa shape index (κ3) is 2.46. The molecule has 1 saturated heterocycles. The van der Waals surface area contributed by atoms with E-state index in [0.29, 0.717) is 31.7 Å². The van der Waals surface area contributed by atoms with Gasteiger partial charge < -0.3 is 15.0 Å². The highest BCUT2D eigenvalue weighted by molar-refractivity contribution is 5.75. The van der Waals surface area contributed by atoms with Crippen LogP contribution in [0.3, 0.4) is 0 Å². The number of hydrogen-bond donors (Lipinski definition) is 1. The van der Waals surface area contributed by atoms with Crippen LogP contribution in [0.25, 0.3) is 0 Å². The largest absolute Gasteiger partial charge is 0.377 e. The van der Waals surface area contributed by atoms with Gasteiger partial charge in [0.1, 0.15) is 12.4 Å². The number of urea groups is 1. The Kier molecular flexibility index (Phi) is 3.73. The van der Waals surface area contributed by atoms with Crippen molar-refractivity contribution < 1.29 is 9.53 Å². The topological polar surface area (TPSA) is 72.3 Å². The van der Waals surface area contributed by atoms with Crippen molar-refractivity contribution in [3.8, 4) is 0 Å². The first-order chi connectivity index (χ1) is 12.2. The molecule has 0 radical (unpaired) electrons. The van der Waals surface area contributed by atoms with Crippen molar-refractivity contribution in [2.45, 2.75) is 44.2 Å². The Morgan fingerprint density at radius 3 is 3.00 bits per heavy atom. The Morgan fingerprint density at radius 2 is 2.16 bits per heavy atom. The first-order valence-electron chi connectivity index (χ1n) is 9.71. The third-order valence-corrected chi connectivity index (χ3v) is 7.17. The van der Waals surface area contributed by atoms with E-state index in [4.69, 9.17) is 4.74 Å². The van der Waals surface area contributed by atoms with Gasteiger partial charge in [0.15, 0.2) is 5.82 Å². The second kappa shape index (κ2) is 5.97. The number of morpholine rings is 1. The highest BCUT2D eigenvalue weighted by Gasteiger charge is 2.54. The summed E-state index contributed by atoms with van der Waals surface area (Å²) in [4.78, 5) is 19.3. The average Bonchev–Trinajstić information content (AvgIpc) is 3.36. The second-order valence-corrected chi connectivity index (χ2v) is 8.24. The molecule has 7 nitrogen and oxygen atoms in total. The zero-order chi connectivity index (χ0) is 17.0. The molecule has 4 aliphatic rings. The Labute approximate surface area is 148 Å². The van der Waals surface area contributed by atoms with E-state index in [1.165, 1.54) is 38.4 Å². The summed E-state index contributed by atoms with van der Waals surface area (Å²) < 4.78 is 7.35. The number of nitrogens with zero attached hydrogens (tertiary/aromatic N) is 4. The van der Waals surface area contributed by atoms with Gasteiger partial charge in [-0.3, -0.25) is 4.68 Å². The monoisotopic (exact) mass is 345 g/mol. The molecule has 0 spiro atoms. The summed E-state index contributed by atoms with van der Waals surface area (Å²) >= 11 is 0. The predicted molar refractivity (Wildman–Crippen MR) is 90.6 cm³/mol. The fraction of sp³-hybridized carbons (Fsp3) is 0.833. The van der Waals surface area contributed by atoms with Gasteiger partial charge in [0.2, 0.25) is 0 Å². The van der Waals surface area contributed by atoms with E-state index in [9.17, 15) is 4.79 Å². The van der Waals surface area contributed by atoms with Crippen LogP contribution in [0.15, 0.2) is 6.33 Å². The molecule has 5 rings (SSSR count). The lowest BCUT2D eigenvalue weighted by atomic mass is 9.79. The van der Waals surface area contributed by atoms with Crippen molar-refractivity contribution in [1.82, 2.24) is 25.0 Å². The number of carbonyl (C=O) groups is 1. The summed E-state index contributed by atoms with van der Waals surface area (Å²) in [6.07, 6.45) is 8.23. The summed E-state index contributed by atoms with van der Waals surface area (Å²) in [5.41, 5.74) is 0. The number of fused-ring (bicyclic) bond motifs is 5. The Bertz CT molecular complexity index is 662. The lowest BCUT2D eigenvalue weighted by molar-refractivity contribution is 0.00602. The number of carbonyl (C=O) groups excluding carboxylic acids is 1. The van der Waals surface area contributed by atoms with Gasteiger partial charge in [-0.2, -0.15) is 5.10 Å². The summed E-state index contributed by atoms with van der Waals surface area (Å²) in [6, 6.07) is 0.252. The van der Waals surface area contributed by atoms with Crippen LogP contribution in [-0.2, 0) is 11.8 Å². The normalized spacial score (nSPS) is 39.6. The molecule has 3 saturated carbocycles. The van der Waals surface area contributed by atoms with Crippen molar-refractivity contribution in [3.05, 3.63) is 12.2 Å². The van der Waals surface area contributed by atoms with Crippen LogP contribution in [0.5, 0.6) is 0 Å². The molecule has 6 unspecified atom stereocenters. The quantitative estimate of drug-likeness (QED) is 0.886. The lowest BCUT2D eigenvalue weighted by Gasteiger charge is -2.38. The van der Waals surface area contributed by atoms with Crippen molar-refractivity contribution in [3.63, 3.8) is 0 Å². The molecule has 1 aromatic rings. The molecule has 3 aliphatic carbocycles. The van der Waals surface area contributed by atoms with E-state index in [-0.39, 0.29) is 12.1 Å². The minimum absolute atomic E-state index is 0.0448. The average molecular weight is 345 g/mol. The molecule has 2 amide bonds. The van der Waals surface area contributed by atoms with Gasteiger partial charge in [-0.25, -0.2) is 9.78 Å². The fourth-order valence-corrected chi connectivity index (χ4v) is 6.14. The molecule has 1 aromatic heterocycles. The highest BCUT2D eigenvalue weighted by Crippen LogP contribution is 2.58. The number of amides is 2. The summed E-state index contributed by atoms with van der Waals surface area (Å²) in [7, 11) is 1.86. The van der Waals surface area contributed by atoms with Gasteiger partial charge in [0.05, 0.1) is 13.2 Å². The molecule has 7 heteroatoms. The maximum absolute atomic E-state index is 13.0. The number of rotatable bonds is 2. The zero-order valence-corrected chi connectivity index (χ0v) is 14.8. The summed E-state index contributed by atoms with van der Waals surface area (Å²) in [6.45, 7) is 1.68. The zero-order valence-electron chi connectivity index (χ0n) is 14.8. The van der Waals surface area contributed by atoms with E-state index in [1.54, 1.807) is 4.68 Å². The van der Waals surface area contributed by atoms with Crippen molar-refractivity contribution in [2.24, 2.45) is 30.7 Å². The first-order valence-corrected chi connectivity index (χ1v) is 9.71. The van der Waals surface area contributed by atoms with E-state index >= 15 is 0 Å². The molecule has 136 valence electrons. The van der Waals surface area contributed by atoms with E-state index in [1.807, 2.05) is 11.9 Å². The van der Waals surface area contributed by atoms with E-state index in [0.717, 1.165) is 23.6 Å². The summed E-state index contributed by atoms with van der Waals surface area (Å²) in [5.74, 6) is 4.16. The Hall–Kier alpha value is -1.63. The summed E-state index contributed by atoms with van der Waals surface area (Å²) in [5, 5.41) is 7.53. The molecule has 1 aliphatic heterocycles. The van der Waals surface area contributed by atoms with Crippen molar-refractivity contribution in [2.75, 3.05) is 19.8 Å².